The summed E-state index contributed by atoms with van der Waals surface area (Å²) in [5.74, 6) is 0. The van der Waals surface area contributed by atoms with Gasteiger partial charge in [-0.2, -0.15) is 0 Å². The van der Waals surface area contributed by atoms with E-state index in [0.29, 0.717) is 6.04 Å². The largest absolute Gasteiger partial charge is 0.383 e. The van der Waals surface area contributed by atoms with Crippen molar-refractivity contribution in [2.75, 3.05) is 18.4 Å². The summed E-state index contributed by atoms with van der Waals surface area (Å²) in [6.07, 6.45) is 2.62. The van der Waals surface area contributed by atoms with Crippen LogP contribution in [0.25, 0.3) is 0 Å². The number of aryl methyl sites for hydroxylation is 2. The molecule has 2 heteroatoms. The minimum atomic E-state index is 0.648. The van der Waals surface area contributed by atoms with E-state index < -0.39 is 0 Å². The van der Waals surface area contributed by atoms with Crippen molar-refractivity contribution >= 4 is 5.69 Å². The first-order valence-corrected chi connectivity index (χ1v) is 6.64. The van der Waals surface area contributed by atoms with Gasteiger partial charge in [-0.3, -0.25) is 0 Å². The van der Waals surface area contributed by atoms with Crippen molar-refractivity contribution in [3.05, 3.63) is 28.3 Å². The number of hydrogen-bond acceptors (Lipinski definition) is 2. The summed E-state index contributed by atoms with van der Waals surface area (Å²) in [4.78, 5) is 0. The van der Waals surface area contributed by atoms with Gasteiger partial charge in [-0.05, 0) is 69.3 Å². The van der Waals surface area contributed by atoms with Crippen LogP contribution < -0.4 is 10.6 Å². The molecule has 1 aliphatic rings. The molecule has 0 aliphatic carbocycles. The van der Waals surface area contributed by atoms with E-state index in [0.717, 1.165) is 6.54 Å². The molecule has 0 bridgehead atoms. The molecule has 0 amide bonds. The zero-order valence-corrected chi connectivity index (χ0v) is 11.5. The van der Waals surface area contributed by atoms with Gasteiger partial charge in [0.2, 0.25) is 0 Å². The molecule has 17 heavy (non-hydrogen) atoms. The van der Waals surface area contributed by atoms with E-state index in [2.05, 4.69) is 44.4 Å². The minimum Gasteiger partial charge on any atom is -0.383 e. The second-order valence-corrected chi connectivity index (χ2v) is 5.31. The van der Waals surface area contributed by atoms with Crippen LogP contribution in [0.2, 0.25) is 0 Å². The molecule has 1 heterocycles. The molecule has 94 valence electrons. The number of anilines is 1. The van der Waals surface area contributed by atoms with Gasteiger partial charge in [-0.1, -0.05) is 6.07 Å². The molecule has 0 saturated carbocycles. The average Bonchev–Trinajstić information content (AvgIpc) is 2.79. The van der Waals surface area contributed by atoms with Gasteiger partial charge in [0.25, 0.3) is 0 Å². The van der Waals surface area contributed by atoms with Crippen molar-refractivity contribution < 1.29 is 0 Å². The van der Waals surface area contributed by atoms with Gasteiger partial charge in [0, 0.05) is 18.3 Å². The van der Waals surface area contributed by atoms with Crippen LogP contribution in [0.3, 0.4) is 0 Å². The molecule has 2 nitrogen and oxygen atoms in total. The highest BCUT2D eigenvalue weighted by Crippen LogP contribution is 2.26. The van der Waals surface area contributed by atoms with Gasteiger partial charge in [-0.15, -0.1) is 0 Å². The predicted molar refractivity (Wildman–Crippen MR) is 74.9 cm³/mol. The standard InChI is InChI=1S/C15H24N2/c1-10-8-11(2)13(4)15(12(10)3)17-9-14-6-5-7-16-14/h8,14,16-17H,5-7,9H2,1-4H3. The Hall–Kier alpha value is -1.02. The van der Waals surface area contributed by atoms with Gasteiger partial charge in [0.05, 0.1) is 0 Å². The van der Waals surface area contributed by atoms with E-state index in [-0.39, 0.29) is 0 Å². The number of rotatable bonds is 3. The molecule has 1 aromatic rings. The highest BCUT2D eigenvalue weighted by atomic mass is 15.0. The van der Waals surface area contributed by atoms with Crippen LogP contribution >= 0.6 is 0 Å². The van der Waals surface area contributed by atoms with Crippen molar-refractivity contribution in [2.45, 2.75) is 46.6 Å². The van der Waals surface area contributed by atoms with Crippen LogP contribution in [-0.2, 0) is 0 Å². The van der Waals surface area contributed by atoms with E-state index in [1.165, 1.54) is 47.3 Å². The minimum absolute atomic E-state index is 0.648. The molecule has 1 atom stereocenters. The Morgan fingerprint density at radius 2 is 1.82 bits per heavy atom. The smallest absolute Gasteiger partial charge is 0.0405 e. The Morgan fingerprint density at radius 3 is 2.35 bits per heavy atom. The first kappa shape index (κ1) is 12.4. The quantitative estimate of drug-likeness (QED) is 0.837. The molecule has 0 radical (unpaired) electrons. The molecule has 1 fully saturated rings. The maximum atomic E-state index is 3.64. The Morgan fingerprint density at radius 1 is 1.18 bits per heavy atom. The van der Waals surface area contributed by atoms with Crippen LogP contribution in [0.4, 0.5) is 5.69 Å². The molecular weight excluding hydrogens is 208 g/mol. The molecule has 2 rings (SSSR count). The first-order chi connectivity index (χ1) is 8.09. The van der Waals surface area contributed by atoms with Crippen LogP contribution in [0, 0.1) is 27.7 Å². The zero-order chi connectivity index (χ0) is 12.4. The Kier molecular flexibility index (Phi) is 3.72. The summed E-state index contributed by atoms with van der Waals surface area (Å²) in [5, 5.41) is 7.17. The maximum Gasteiger partial charge on any atom is 0.0405 e. The third-order valence-electron chi connectivity index (χ3n) is 4.05. The van der Waals surface area contributed by atoms with Crippen LogP contribution in [0.1, 0.15) is 35.1 Å². The van der Waals surface area contributed by atoms with E-state index in [4.69, 9.17) is 0 Å². The maximum absolute atomic E-state index is 3.64. The van der Waals surface area contributed by atoms with E-state index >= 15 is 0 Å². The van der Waals surface area contributed by atoms with E-state index in [1.54, 1.807) is 0 Å². The Balaban J connectivity index is 2.13. The summed E-state index contributed by atoms with van der Waals surface area (Å²) < 4.78 is 0. The lowest BCUT2D eigenvalue weighted by Crippen LogP contribution is -2.29. The number of hydrogen-bond donors (Lipinski definition) is 2. The highest BCUT2D eigenvalue weighted by Gasteiger charge is 2.15. The summed E-state index contributed by atoms with van der Waals surface area (Å²) >= 11 is 0. The second-order valence-electron chi connectivity index (χ2n) is 5.31. The van der Waals surface area contributed by atoms with Gasteiger partial charge >= 0.3 is 0 Å². The predicted octanol–water partition coefficient (Wildman–Crippen LogP) is 3.08. The Labute approximate surface area is 105 Å². The molecule has 1 aliphatic heterocycles. The van der Waals surface area contributed by atoms with Gasteiger partial charge in [-0.25, -0.2) is 0 Å². The van der Waals surface area contributed by atoms with Crippen LogP contribution in [-0.4, -0.2) is 19.1 Å². The number of nitrogens with one attached hydrogen (secondary N) is 2. The van der Waals surface area contributed by atoms with Crippen molar-refractivity contribution in [3.8, 4) is 0 Å². The van der Waals surface area contributed by atoms with Crippen LogP contribution in [0.5, 0.6) is 0 Å². The summed E-state index contributed by atoms with van der Waals surface area (Å²) in [5.41, 5.74) is 6.90. The molecular formula is C15H24N2. The summed E-state index contributed by atoms with van der Waals surface area (Å²) in [7, 11) is 0. The third kappa shape index (κ3) is 2.63. The van der Waals surface area contributed by atoms with Crippen LogP contribution in [0.15, 0.2) is 6.07 Å². The molecule has 1 saturated heterocycles. The Bertz CT molecular complexity index is 378. The van der Waals surface area contributed by atoms with E-state index in [1.807, 2.05) is 0 Å². The van der Waals surface area contributed by atoms with Gasteiger partial charge in [0.1, 0.15) is 0 Å². The molecule has 2 N–H and O–H groups in total. The molecule has 1 aromatic carbocycles. The average molecular weight is 232 g/mol. The van der Waals surface area contributed by atoms with Crippen molar-refractivity contribution in [2.24, 2.45) is 0 Å². The monoisotopic (exact) mass is 232 g/mol. The van der Waals surface area contributed by atoms with Gasteiger partial charge in [0.15, 0.2) is 0 Å². The third-order valence-corrected chi connectivity index (χ3v) is 4.05. The lowest BCUT2D eigenvalue weighted by Gasteiger charge is -2.19. The summed E-state index contributed by atoms with van der Waals surface area (Å²) in [6.45, 7) is 11.0. The molecule has 0 aromatic heterocycles. The highest BCUT2D eigenvalue weighted by molar-refractivity contribution is 5.62. The van der Waals surface area contributed by atoms with Crippen molar-refractivity contribution in [1.29, 1.82) is 0 Å². The number of benzene rings is 1. The fourth-order valence-electron chi connectivity index (χ4n) is 2.64. The topological polar surface area (TPSA) is 24.1 Å². The van der Waals surface area contributed by atoms with Crippen molar-refractivity contribution in [1.82, 2.24) is 5.32 Å². The SMILES string of the molecule is Cc1cc(C)c(C)c(NCC2CCCN2)c1C. The fourth-order valence-corrected chi connectivity index (χ4v) is 2.64. The first-order valence-electron chi connectivity index (χ1n) is 6.64. The fraction of sp³-hybridized carbons (Fsp3) is 0.600. The lowest BCUT2D eigenvalue weighted by molar-refractivity contribution is 0.633. The lowest BCUT2D eigenvalue weighted by atomic mass is 9.98. The molecule has 0 spiro atoms. The zero-order valence-electron chi connectivity index (χ0n) is 11.5. The normalized spacial score (nSPS) is 19.6. The van der Waals surface area contributed by atoms with Gasteiger partial charge < -0.3 is 10.6 Å². The second kappa shape index (κ2) is 5.09. The molecule has 1 unspecified atom stereocenters. The summed E-state index contributed by atoms with van der Waals surface area (Å²) in [6, 6.07) is 2.93. The van der Waals surface area contributed by atoms with E-state index in [9.17, 15) is 0 Å². The van der Waals surface area contributed by atoms with Crippen molar-refractivity contribution in [3.63, 3.8) is 0 Å².